The number of hydrogen-bond acceptors (Lipinski definition) is 5. The van der Waals surface area contributed by atoms with Crippen molar-refractivity contribution in [2.24, 2.45) is 0 Å². The van der Waals surface area contributed by atoms with Crippen molar-refractivity contribution in [3.8, 4) is 0 Å². The molecule has 0 amide bonds. The van der Waals surface area contributed by atoms with Crippen molar-refractivity contribution in [3.63, 3.8) is 0 Å². The van der Waals surface area contributed by atoms with Gasteiger partial charge in [-0.3, -0.25) is 4.79 Å². The van der Waals surface area contributed by atoms with E-state index in [0.29, 0.717) is 6.42 Å². The van der Waals surface area contributed by atoms with Crippen LogP contribution in [0.15, 0.2) is 30.3 Å². The molecule has 0 spiro atoms. The van der Waals surface area contributed by atoms with Crippen molar-refractivity contribution in [2.75, 3.05) is 7.11 Å². The Labute approximate surface area is 111 Å². The van der Waals surface area contributed by atoms with Crippen LogP contribution in [0.4, 0.5) is 0 Å². The molecule has 19 heavy (non-hydrogen) atoms. The SMILES string of the molecule is COC(=O)CC[C@H]1O[C@@H](c2ccccc2)[C@H](O)[C@H]1O. The highest BCUT2D eigenvalue weighted by Gasteiger charge is 2.43. The number of carbonyl (C=O) groups is 1. The molecule has 5 nitrogen and oxygen atoms in total. The molecular weight excluding hydrogens is 248 g/mol. The van der Waals surface area contributed by atoms with Crippen molar-refractivity contribution >= 4 is 5.97 Å². The van der Waals surface area contributed by atoms with E-state index in [2.05, 4.69) is 4.74 Å². The minimum atomic E-state index is -0.991. The lowest BCUT2D eigenvalue weighted by Crippen LogP contribution is -2.30. The standard InChI is InChI=1S/C14H18O5/c1-18-11(15)8-7-10-12(16)13(17)14(19-10)9-5-3-2-4-6-9/h2-6,10,12-14,16-17H,7-8H2,1H3/t10-,12+,13-,14+/m1/s1. The molecule has 1 saturated heterocycles. The van der Waals surface area contributed by atoms with Crippen LogP contribution < -0.4 is 0 Å². The molecule has 4 atom stereocenters. The van der Waals surface area contributed by atoms with Crippen LogP contribution in [0.1, 0.15) is 24.5 Å². The fourth-order valence-electron chi connectivity index (χ4n) is 2.27. The molecule has 5 heteroatoms. The zero-order valence-electron chi connectivity index (χ0n) is 10.7. The smallest absolute Gasteiger partial charge is 0.305 e. The lowest BCUT2D eigenvalue weighted by Gasteiger charge is -2.14. The molecular formula is C14H18O5. The quantitative estimate of drug-likeness (QED) is 0.788. The Morgan fingerprint density at radius 1 is 1.26 bits per heavy atom. The number of esters is 1. The van der Waals surface area contributed by atoms with Crippen molar-refractivity contribution in [3.05, 3.63) is 35.9 Å². The summed E-state index contributed by atoms with van der Waals surface area (Å²) < 4.78 is 10.2. The Morgan fingerprint density at radius 3 is 2.58 bits per heavy atom. The summed E-state index contributed by atoms with van der Waals surface area (Å²) in [5, 5.41) is 20.0. The summed E-state index contributed by atoms with van der Waals surface area (Å²) in [7, 11) is 1.32. The summed E-state index contributed by atoms with van der Waals surface area (Å²) in [5.74, 6) is -0.353. The van der Waals surface area contributed by atoms with E-state index >= 15 is 0 Å². The van der Waals surface area contributed by atoms with Crippen LogP contribution in [0.3, 0.4) is 0 Å². The molecule has 1 fully saturated rings. The second kappa shape index (κ2) is 6.14. The largest absolute Gasteiger partial charge is 0.469 e. The van der Waals surface area contributed by atoms with Gasteiger partial charge in [-0.25, -0.2) is 0 Å². The Morgan fingerprint density at radius 2 is 1.95 bits per heavy atom. The van der Waals surface area contributed by atoms with Gasteiger partial charge in [0.25, 0.3) is 0 Å². The molecule has 0 radical (unpaired) electrons. The third-order valence-corrected chi connectivity index (χ3v) is 3.35. The maximum absolute atomic E-state index is 11.1. The zero-order chi connectivity index (χ0) is 13.8. The molecule has 0 unspecified atom stereocenters. The van der Waals surface area contributed by atoms with Crippen molar-refractivity contribution in [1.82, 2.24) is 0 Å². The molecule has 0 aliphatic carbocycles. The molecule has 1 aromatic carbocycles. The first-order valence-corrected chi connectivity index (χ1v) is 6.27. The van der Waals surface area contributed by atoms with Crippen LogP contribution in [-0.2, 0) is 14.3 Å². The van der Waals surface area contributed by atoms with Gasteiger partial charge in [0.05, 0.1) is 13.2 Å². The number of hydrogen-bond donors (Lipinski definition) is 2. The normalized spacial score (nSPS) is 30.3. The first-order chi connectivity index (χ1) is 9.13. The maximum atomic E-state index is 11.1. The topological polar surface area (TPSA) is 76.0 Å². The van der Waals surface area contributed by atoms with E-state index in [4.69, 9.17) is 4.74 Å². The molecule has 104 valence electrons. The summed E-state index contributed by atoms with van der Waals surface area (Å²) in [5.41, 5.74) is 0.814. The van der Waals surface area contributed by atoms with Gasteiger partial charge in [0.2, 0.25) is 0 Å². The summed E-state index contributed by atoms with van der Waals surface area (Å²) in [6.07, 6.45) is -2.60. The second-order valence-corrected chi connectivity index (χ2v) is 4.60. The van der Waals surface area contributed by atoms with Gasteiger partial charge in [-0.15, -0.1) is 0 Å². The van der Waals surface area contributed by atoms with E-state index in [-0.39, 0.29) is 12.4 Å². The Hall–Kier alpha value is -1.43. The summed E-state index contributed by atoms with van der Waals surface area (Å²) in [6, 6.07) is 9.24. The van der Waals surface area contributed by atoms with Crippen LogP contribution in [0.5, 0.6) is 0 Å². The summed E-state index contributed by atoms with van der Waals surface area (Å²) in [6.45, 7) is 0. The van der Waals surface area contributed by atoms with E-state index in [1.807, 2.05) is 30.3 Å². The van der Waals surface area contributed by atoms with Gasteiger partial charge in [0.15, 0.2) is 0 Å². The van der Waals surface area contributed by atoms with E-state index in [9.17, 15) is 15.0 Å². The molecule has 1 aliphatic rings. The third kappa shape index (κ3) is 3.12. The van der Waals surface area contributed by atoms with Gasteiger partial charge in [0, 0.05) is 6.42 Å². The van der Waals surface area contributed by atoms with Gasteiger partial charge in [-0.05, 0) is 12.0 Å². The highest BCUT2D eigenvalue weighted by molar-refractivity contribution is 5.69. The zero-order valence-corrected chi connectivity index (χ0v) is 10.7. The minimum Gasteiger partial charge on any atom is -0.469 e. The third-order valence-electron chi connectivity index (χ3n) is 3.35. The molecule has 2 rings (SSSR count). The molecule has 1 aliphatic heterocycles. The van der Waals surface area contributed by atoms with Crippen LogP contribution in [0, 0.1) is 0 Å². The molecule has 0 bridgehead atoms. The number of aliphatic hydroxyl groups excluding tert-OH is 2. The summed E-state index contributed by atoms with van der Waals surface area (Å²) in [4.78, 5) is 11.1. The Balaban J connectivity index is 2.00. The van der Waals surface area contributed by atoms with Gasteiger partial charge in [0.1, 0.15) is 18.3 Å². The monoisotopic (exact) mass is 266 g/mol. The minimum absolute atomic E-state index is 0.159. The predicted molar refractivity (Wildman–Crippen MR) is 67.3 cm³/mol. The lowest BCUT2D eigenvalue weighted by molar-refractivity contribution is -0.141. The van der Waals surface area contributed by atoms with Gasteiger partial charge < -0.3 is 19.7 Å². The number of benzene rings is 1. The molecule has 0 aromatic heterocycles. The fraction of sp³-hybridized carbons (Fsp3) is 0.500. The van der Waals surface area contributed by atoms with Gasteiger partial charge >= 0.3 is 5.97 Å². The van der Waals surface area contributed by atoms with Crippen molar-refractivity contribution in [1.29, 1.82) is 0 Å². The van der Waals surface area contributed by atoms with Crippen LogP contribution in [0.25, 0.3) is 0 Å². The Bertz CT molecular complexity index is 419. The van der Waals surface area contributed by atoms with Crippen molar-refractivity contribution < 1.29 is 24.5 Å². The van der Waals surface area contributed by atoms with E-state index in [1.165, 1.54) is 7.11 Å². The molecule has 1 heterocycles. The molecule has 2 N–H and O–H groups in total. The number of rotatable bonds is 4. The average Bonchev–Trinajstić information content (AvgIpc) is 2.73. The van der Waals surface area contributed by atoms with Gasteiger partial charge in [-0.1, -0.05) is 30.3 Å². The van der Waals surface area contributed by atoms with E-state index < -0.39 is 24.4 Å². The first kappa shape index (κ1) is 14.0. The Kier molecular flexibility index (Phi) is 4.52. The number of carbonyl (C=O) groups excluding carboxylic acids is 1. The second-order valence-electron chi connectivity index (χ2n) is 4.60. The number of ether oxygens (including phenoxy) is 2. The van der Waals surface area contributed by atoms with E-state index in [0.717, 1.165) is 5.56 Å². The van der Waals surface area contributed by atoms with Crippen LogP contribution in [-0.4, -0.2) is 41.6 Å². The van der Waals surface area contributed by atoms with Crippen molar-refractivity contribution in [2.45, 2.75) is 37.3 Å². The highest BCUT2D eigenvalue weighted by atomic mass is 16.5. The number of aliphatic hydroxyl groups is 2. The van der Waals surface area contributed by atoms with Crippen LogP contribution >= 0.6 is 0 Å². The summed E-state index contributed by atoms with van der Waals surface area (Å²) >= 11 is 0. The van der Waals surface area contributed by atoms with Gasteiger partial charge in [-0.2, -0.15) is 0 Å². The highest BCUT2D eigenvalue weighted by Crippen LogP contribution is 2.35. The average molecular weight is 266 g/mol. The first-order valence-electron chi connectivity index (χ1n) is 6.27. The lowest BCUT2D eigenvalue weighted by atomic mass is 10.0. The molecule has 1 aromatic rings. The van der Waals surface area contributed by atoms with E-state index in [1.54, 1.807) is 0 Å². The number of methoxy groups -OCH3 is 1. The fourth-order valence-corrected chi connectivity index (χ4v) is 2.27. The van der Waals surface area contributed by atoms with Crippen LogP contribution in [0.2, 0.25) is 0 Å². The maximum Gasteiger partial charge on any atom is 0.305 e. The molecule has 0 saturated carbocycles. The predicted octanol–water partition coefficient (Wildman–Crippen LogP) is 0.801.